The number of nitrogens with zero attached hydrogens (tertiary/aromatic N) is 1. The highest BCUT2D eigenvalue weighted by Gasteiger charge is 2.42. The third-order valence-electron chi connectivity index (χ3n) is 2.61. The molecule has 0 saturated carbocycles. The van der Waals surface area contributed by atoms with Crippen molar-refractivity contribution in [3.63, 3.8) is 0 Å². The van der Waals surface area contributed by atoms with Gasteiger partial charge < -0.3 is 8.85 Å². The Hall–Kier alpha value is 0.0969. The van der Waals surface area contributed by atoms with Gasteiger partial charge in [0.1, 0.15) is 0 Å². The van der Waals surface area contributed by atoms with Gasteiger partial charge in [0.2, 0.25) is 0 Å². The summed E-state index contributed by atoms with van der Waals surface area (Å²) >= 11 is 0. The Labute approximate surface area is 89.7 Å². The zero-order valence-corrected chi connectivity index (χ0v) is 11.5. The Morgan fingerprint density at radius 3 is 1.86 bits per heavy atom. The Morgan fingerprint density at radius 2 is 1.64 bits per heavy atom. The summed E-state index contributed by atoms with van der Waals surface area (Å²) in [6.45, 7) is 9.72. The molecule has 0 aromatic rings. The van der Waals surface area contributed by atoms with Crippen molar-refractivity contribution in [1.29, 1.82) is 0 Å². The largest absolute Gasteiger partial charge is 0.427 e. The molecule has 0 fully saturated rings. The fourth-order valence-electron chi connectivity index (χ4n) is 1.98. The van der Waals surface area contributed by atoms with Gasteiger partial charge in [0.05, 0.1) is 0 Å². The molecular formula is C10H25NO2Si. The van der Waals surface area contributed by atoms with Crippen LogP contribution in [-0.4, -0.2) is 40.1 Å². The van der Waals surface area contributed by atoms with Gasteiger partial charge in [0, 0.05) is 26.3 Å². The second-order valence-electron chi connectivity index (χ2n) is 3.75. The van der Waals surface area contributed by atoms with E-state index in [1.54, 1.807) is 14.2 Å². The molecule has 3 nitrogen and oxygen atoms in total. The van der Waals surface area contributed by atoms with Crippen molar-refractivity contribution < 1.29 is 8.85 Å². The molecule has 0 saturated heterocycles. The molecule has 86 valence electrons. The Morgan fingerprint density at radius 1 is 1.14 bits per heavy atom. The number of hydrogen-bond acceptors (Lipinski definition) is 3. The normalized spacial score (nSPS) is 12.9. The summed E-state index contributed by atoms with van der Waals surface area (Å²) in [5.41, 5.74) is 0. The smallest absolute Gasteiger partial charge is 0.386 e. The van der Waals surface area contributed by atoms with Gasteiger partial charge in [-0.15, -0.1) is 0 Å². The highest BCUT2D eigenvalue weighted by Crippen LogP contribution is 2.21. The van der Waals surface area contributed by atoms with Gasteiger partial charge in [0.15, 0.2) is 0 Å². The summed E-state index contributed by atoms with van der Waals surface area (Å²) in [6.07, 6.45) is 1.11. The average molecular weight is 219 g/mol. The zero-order chi connectivity index (χ0) is 11.2. The van der Waals surface area contributed by atoms with Crippen LogP contribution in [0.5, 0.6) is 0 Å². The van der Waals surface area contributed by atoms with E-state index in [2.05, 4.69) is 32.3 Å². The minimum atomic E-state index is -2.10. The third kappa shape index (κ3) is 3.05. The van der Waals surface area contributed by atoms with Gasteiger partial charge in [-0.1, -0.05) is 34.1 Å². The molecule has 0 atom stereocenters. The standard InChI is InChI=1S/C10H25NO2Si/c1-7-9-14(12-5,13-6)11(8-2)10(3)4/h10H,7-9H2,1-6H3. The predicted molar refractivity (Wildman–Crippen MR) is 62.4 cm³/mol. The van der Waals surface area contributed by atoms with Crippen molar-refractivity contribution in [2.24, 2.45) is 0 Å². The lowest BCUT2D eigenvalue weighted by molar-refractivity contribution is 0.147. The van der Waals surface area contributed by atoms with Crippen molar-refractivity contribution in [2.75, 3.05) is 20.8 Å². The predicted octanol–water partition coefficient (Wildman–Crippen LogP) is 2.36. The summed E-state index contributed by atoms with van der Waals surface area (Å²) < 4.78 is 13.7. The van der Waals surface area contributed by atoms with Crippen LogP contribution >= 0.6 is 0 Å². The first-order valence-corrected chi connectivity index (χ1v) is 7.42. The number of rotatable bonds is 7. The van der Waals surface area contributed by atoms with Crippen LogP contribution < -0.4 is 0 Å². The van der Waals surface area contributed by atoms with Gasteiger partial charge in [-0.25, -0.2) is 0 Å². The molecule has 0 aromatic heterocycles. The summed E-state index contributed by atoms with van der Waals surface area (Å²) in [5, 5.41) is 0. The van der Waals surface area contributed by atoms with E-state index in [0.717, 1.165) is 19.0 Å². The second kappa shape index (κ2) is 6.56. The highest BCUT2D eigenvalue weighted by molar-refractivity contribution is 6.64. The molecule has 0 aliphatic rings. The molecule has 4 heteroatoms. The van der Waals surface area contributed by atoms with Gasteiger partial charge in [0.25, 0.3) is 0 Å². The van der Waals surface area contributed by atoms with Gasteiger partial charge >= 0.3 is 8.72 Å². The van der Waals surface area contributed by atoms with Crippen molar-refractivity contribution in [1.82, 2.24) is 4.57 Å². The van der Waals surface area contributed by atoms with E-state index in [0.29, 0.717) is 6.04 Å². The molecule has 0 bridgehead atoms. The van der Waals surface area contributed by atoms with E-state index in [1.165, 1.54) is 0 Å². The molecule has 0 rings (SSSR count). The van der Waals surface area contributed by atoms with Gasteiger partial charge in [-0.3, -0.25) is 4.57 Å². The van der Waals surface area contributed by atoms with Crippen LogP contribution in [-0.2, 0) is 8.85 Å². The summed E-state index contributed by atoms with van der Waals surface area (Å²) in [6, 6.07) is 1.52. The minimum Gasteiger partial charge on any atom is -0.386 e. The van der Waals surface area contributed by atoms with Crippen molar-refractivity contribution in [2.45, 2.75) is 46.2 Å². The Balaban J connectivity index is 4.72. The lowest BCUT2D eigenvalue weighted by atomic mass is 10.4. The maximum absolute atomic E-state index is 5.68. The summed E-state index contributed by atoms with van der Waals surface area (Å²) in [4.78, 5) is 0. The van der Waals surface area contributed by atoms with E-state index < -0.39 is 8.72 Å². The fourth-order valence-corrected chi connectivity index (χ4v) is 5.21. The van der Waals surface area contributed by atoms with E-state index in [1.807, 2.05) is 0 Å². The summed E-state index contributed by atoms with van der Waals surface area (Å²) in [7, 11) is 1.45. The van der Waals surface area contributed by atoms with E-state index in [9.17, 15) is 0 Å². The van der Waals surface area contributed by atoms with Crippen LogP contribution in [0.15, 0.2) is 0 Å². The van der Waals surface area contributed by atoms with Gasteiger partial charge in [-0.2, -0.15) is 0 Å². The zero-order valence-electron chi connectivity index (χ0n) is 10.5. The van der Waals surface area contributed by atoms with Crippen LogP contribution in [0.3, 0.4) is 0 Å². The van der Waals surface area contributed by atoms with Crippen LogP contribution in [0.25, 0.3) is 0 Å². The highest BCUT2D eigenvalue weighted by atomic mass is 28.4. The molecular weight excluding hydrogens is 194 g/mol. The van der Waals surface area contributed by atoms with Crippen molar-refractivity contribution >= 4 is 8.72 Å². The lowest BCUT2D eigenvalue weighted by Gasteiger charge is -2.39. The molecule has 0 heterocycles. The molecule has 14 heavy (non-hydrogen) atoms. The first kappa shape index (κ1) is 14.1. The monoisotopic (exact) mass is 219 g/mol. The van der Waals surface area contributed by atoms with E-state index in [-0.39, 0.29) is 0 Å². The van der Waals surface area contributed by atoms with Gasteiger partial charge in [-0.05, 0) is 6.54 Å². The van der Waals surface area contributed by atoms with Crippen LogP contribution in [0.4, 0.5) is 0 Å². The number of hydrogen-bond donors (Lipinski definition) is 0. The molecule has 0 spiro atoms. The molecule has 0 unspecified atom stereocenters. The second-order valence-corrected chi connectivity index (χ2v) is 7.07. The molecule has 0 aromatic carbocycles. The van der Waals surface area contributed by atoms with E-state index in [4.69, 9.17) is 8.85 Å². The first-order chi connectivity index (χ1) is 6.57. The maximum atomic E-state index is 5.68. The average Bonchev–Trinajstić information content (AvgIpc) is 2.17. The van der Waals surface area contributed by atoms with E-state index >= 15 is 0 Å². The molecule has 0 amide bonds. The van der Waals surface area contributed by atoms with Crippen molar-refractivity contribution in [3.8, 4) is 0 Å². The summed E-state index contributed by atoms with van der Waals surface area (Å²) in [5.74, 6) is 0. The van der Waals surface area contributed by atoms with Crippen LogP contribution in [0.2, 0.25) is 6.04 Å². The minimum absolute atomic E-state index is 0.484. The third-order valence-corrected chi connectivity index (χ3v) is 6.72. The molecule has 0 radical (unpaired) electrons. The molecule has 0 aliphatic carbocycles. The maximum Gasteiger partial charge on any atom is 0.427 e. The first-order valence-electron chi connectivity index (χ1n) is 5.45. The Kier molecular flexibility index (Phi) is 6.60. The molecule has 0 N–H and O–H groups in total. The van der Waals surface area contributed by atoms with Crippen molar-refractivity contribution in [3.05, 3.63) is 0 Å². The van der Waals surface area contributed by atoms with Crippen LogP contribution in [0, 0.1) is 0 Å². The quantitative estimate of drug-likeness (QED) is 0.614. The van der Waals surface area contributed by atoms with Crippen LogP contribution in [0.1, 0.15) is 34.1 Å². The molecule has 0 aliphatic heterocycles. The fraction of sp³-hybridized carbons (Fsp3) is 1.00. The SMILES string of the molecule is CCC[Si](OC)(OC)N(CC)C(C)C. The topological polar surface area (TPSA) is 21.7 Å². The Bertz CT molecular complexity index is 149. The lowest BCUT2D eigenvalue weighted by Crippen LogP contribution is -2.59.